The molecule has 2 aromatic heterocycles. The number of rotatable bonds is 2. The van der Waals surface area contributed by atoms with Crippen molar-refractivity contribution in [2.75, 3.05) is 0 Å². The van der Waals surface area contributed by atoms with Crippen LogP contribution in [0.15, 0.2) is 48.8 Å². The molecule has 0 radical (unpaired) electrons. The maximum atomic E-state index is 10.6. The van der Waals surface area contributed by atoms with Crippen LogP contribution in [0.1, 0.15) is 10.4 Å². The molecule has 0 N–H and O–H groups in total. The van der Waals surface area contributed by atoms with Crippen LogP contribution in [0.3, 0.4) is 0 Å². The van der Waals surface area contributed by atoms with Crippen molar-refractivity contribution >= 4 is 23.5 Å². The number of imidazole rings is 1. The molecule has 0 unspecified atom stereocenters. The molecule has 88 valence electrons. The number of fused-ring (bicyclic) bond motifs is 1. The number of aromatic nitrogens is 2. The van der Waals surface area contributed by atoms with Crippen molar-refractivity contribution in [3.63, 3.8) is 0 Å². The molecule has 0 saturated carbocycles. The van der Waals surface area contributed by atoms with Crippen LogP contribution in [0.2, 0.25) is 5.02 Å². The van der Waals surface area contributed by atoms with Crippen molar-refractivity contribution in [3.8, 4) is 11.3 Å². The summed E-state index contributed by atoms with van der Waals surface area (Å²) in [5.41, 5.74) is 3.33. The molecule has 18 heavy (non-hydrogen) atoms. The van der Waals surface area contributed by atoms with Gasteiger partial charge in [-0.05, 0) is 12.1 Å². The smallest absolute Gasteiger partial charge is 0.150 e. The van der Waals surface area contributed by atoms with Crippen LogP contribution >= 0.6 is 11.6 Å². The lowest BCUT2D eigenvalue weighted by Gasteiger charge is -1.95. The Kier molecular flexibility index (Phi) is 2.61. The van der Waals surface area contributed by atoms with Crippen LogP contribution in [0.5, 0.6) is 0 Å². The van der Waals surface area contributed by atoms with Crippen LogP contribution in [-0.2, 0) is 0 Å². The monoisotopic (exact) mass is 256 g/mol. The first-order valence-corrected chi connectivity index (χ1v) is 5.84. The Morgan fingerprint density at radius 1 is 1.06 bits per heavy atom. The van der Waals surface area contributed by atoms with Crippen LogP contribution < -0.4 is 0 Å². The first kappa shape index (κ1) is 11.0. The largest absolute Gasteiger partial charge is 0.305 e. The van der Waals surface area contributed by atoms with Crippen molar-refractivity contribution in [1.82, 2.24) is 9.38 Å². The highest BCUT2D eigenvalue weighted by Crippen LogP contribution is 2.20. The van der Waals surface area contributed by atoms with Gasteiger partial charge in [0.25, 0.3) is 0 Å². The first-order valence-electron chi connectivity index (χ1n) is 5.46. The van der Waals surface area contributed by atoms with E-state index in [2.05, 4.69) is 4.98 Å². The number of hydrogen-bond acceptors (Lipinski definition) is 2. The maximum absolute atomic E-state index is 10.6. The number of pyridine rings is 1. The Bertz CT molecular complexity index is 716. The van der Waals surface area contributed by atoms with Crippen LogP contribution in [0.25, 0.3) is 16.9 Å². The lowest BCUT2D eigenvalue weighted by atomic mass is 10.1. The summed E-state index contributed by atoms with van der Waals surface area (Å²) < 4.78 is 1.88. The number of halogens is 1. The molecule has 0 aliphatic carbocycles. The molecule has 1 aromatic carbocycles. The molecule has 3 rings (SSSR count). The maximum Gasteiger partial charge on any atom is 0.150 e. The van der Waals surface area contributed by atoms with Crippen molar-refractivity contribution in [3.05, 3.63) is 59.4 Å². The second-order valence-corrected chi connectivity index (χ2v) is 4.42. The predicted octanol–water partition coefficient (Wildman–Crippen LogP) is 3.47. The topological polar surface area (TPSA) is 34.4 Å². The predicted molar refractivity (Wildman–Crippen MR) is 71.0 cm³/mol. The van der Waals surface area contributed by atoms with Crippen LogP contribution in [0, 0.1) is 0 Å². The van der Waals surface area contributed by atoms with E-state index < -0.39 is 0 Å². The van der Waals surface area contributed by atoms with Crippen molar-refractivity contribution in [2.45, 2.75) is 0 Å². The van der Waals surface area contributed by atoms with Crippen molar-refractivity contribution < 1.29 is 4.79 Å². The molecular weight excluding hydrogens is 248 g/mol. The van der Waals surface area contributed by atoms with Gasteiger partial charge >= 0.3 is 0 Å². The summed E-state index contributed by atoms with van der Waals surface area (Å²) >= 11 is 5.93. The zero-order valence-corrected chi connectivity index (χ0v) is 10.1. The third kappa shape index (κ3) is 1.89. The van der Waals surface area contributed by atoms with Gasteiger partial charge in [-0.15, -0.1) is 0 Å². The summed E-state index contributed by atoms with van der Waals surface area (Å²) in [5.74, 6) is 0. The van der Waals surface area contributed by atoms with E-state index >= 15 is 0 Å². The highest BCUT2D eigenvalue weighted by molar-refractivity contribution is 6.30. The molecule has 0 amide bonds. The lowest BCUT2D eigenvalue weighted by Crippen LogP contribution is -1.80. The van der Waals surface area contributed by atoms with Gasteiger partial charge in [-0.2, -0.15) is 0 Å². The molecule has 0 bridgehead atoms. The Balaban J connectivity index is 2.10. The average molecular weight is 257 g/mol. The second kappa shape index (κ2) is 4.27. The number of aldehydes is 1. The quantitative estimate of drug-likeness (QED) is 0.658. The fraction of sp³-hybridized carbons (Fsp3) is 0. The van der Waals surface area contributed by atoms with E-state index in [4.69, 9.17) is 11.6 Å². The highest BCUT2D eigenvalue weighted by Gasteiger charge is 2.04. The van der Waals surface area contributed by atoms with Gasteiger partial charge in [0, 0.05) is 23.5 Å². The molecule has 3 aromatic rings. The van der Waals surface area contributed by atoms with Crippen molar-refractivity contribution in [2.24, 2.45) is 0 Å². The molecule has 0 atom stereocenters. The Hall–Kier alpha value is -2.13. The molecule has 0 aliphatic rings. The summed E-state index contributed by atoms with van der Waals surface area (Å²) in [4.78, 5) is 15.1. The number of hydrogen-bond donors (Lipinski definition) is 0. The second-order valence-electron chi connectivity index (χ2n) is 3.98. The van der Waals surface area contributed by atoms with Gasteiger partial charge in [0.2, 0.25) is 0 Å². The molecule has 3 nitrogen and oxygen atoms in total. The number of benzene rings is 1. The van der Waals surface area contributed by atoms with E-state index in [0.29, 0.717) is 10.6 Å². The Morgan fingerprint density at radius 3 is 2.56 bits per heavy atom. The third-order valence-corrected chi connectivity index (χ3v) is 2.98. The van der Waals surface area contributed by atoms with Gasteiger partial charge in [0.1, 0.15) is 11.9 Å². The first-order chi connectivity index (χ1) is 8.76. The molecule has 0 aliphatic heterocycles. The van der Waals surface area contributed by atoms with E-state index in [9.17, 15) is 4.79 Å². The van der Waals surface area contributed by atoms with E-state index in [1.54, 1.807) is 12.1 Å². The normalized spacial score (nSPS) is 10.7. The van der Waals surface area contributed by atoms with Crippen LogP contribution in [0.4, 0.5) is 0 Å². The average Bonchev–Trinajstić information content (AvgIpc) is 2.81. The SMILES string of the molecule is O=Cc1ccc(-c2cn3cc(Cl)ccc3n2)cc1. The Labute approximate surface area is 109 Å². The summed E-state index contributed by atoms with van der Waals surface area (Å²) in [6, 6.07) is 11.0. The Morgan fingerprint density at radius 2 is 1.83 bits per heavy atom. The number of carbonyl (C=O) groups is 1. The summed E-state index contributed by atoms with van der Waals surface area (Å²) in [6.07, 6.45) is 4.55. The molecule has 0 spiro atoms. The van der Waals surface area contributed by atoms with Gasteiger partial charge in [0.15, 0.2) is 0 Å². The van der Waals surface area contributed by atoms with E-state index in [0.717, 1.165) is 23.2 Å². The molecule has 4 heteroatoms. The van der Waals surface area contributed by atoms with Gasteiger partial charge in [-0.1, -0.05) is 35.9 Å². The third-order valence-electron chi connectivity index (χ3n) is 2.76. The molecule has 0 saturated heterocycles. The van der Waals surface area contributed by atoms with Gasteiger partial charge < -0.3 is 4.40 Å². The lowest BCUT2D eigenvalue weighted by molar-refractivity contribution is 0.112. The minimum Gasteiger partial charge on any atom is -0.305 e. The van der Waals surface area contributed by atoms with Crippen molar-refractivity contribution in [1.29, 1.82) is 0 Å². The van der Waals surface area contributed by atoms with Gasteiger partial charge in [-0.25, -0.2) is 4.98 Å². The minimum absolute atomic E-state index is 0.658. The summed E-state index contributed by atoms with van der Waals surface area (Å²) in [6.45, 7) is 0. The summed E-state index contributed by atoms with van der Waals surface area (Å²) in [5, 5.41) is 0.669. The summed E-state index contributed by atoms with van der Waals surface area (Å²) in [7, 11) is 0. The van der Waals surface area contributed by atoms with Gasteiger partial charge in [-0.3, -0.25) is 4.79 Å². The number of carbonyl (C=O) groups excluding carboxylic acids is 1. The fourth-order valence-corrected chi connectivity index (χ4v) is 2.00. The zero-order chi connectivity index (χ0) is 12.5. The molecule has 0 fully saturated rings. The molecule has 2 heterocycles. The molecular formula is C14H9ClN2O. The fourth-order valence-electron chi connectivity index (χ4n) is 1.84. The van der Waals surface area contributed by atoms with E-state index in [1.807, 2.05) is 41.1 Å². The van der Waals surface area contributed by atoms with E-state index in [-0.39, 0.29) is 0 Å². The number of nitrogens with zero attached hydrogens (tertiary/aromatic N) is 2. The standard InChI is InChI=1S/C14H9ClN2O/c15-12-5-6-14-16-13(8-17(14)7-12)11-3-1-10(9-18)2-4-11/h1-9H. The minimum atomic E-state index is 0.658. The zero-order valence-electron chi connectivity index (χ0n) is 9.38. The van der Waals surface area contributed by atoms with Crippen LogP contribution in [-0.4, -0.2) is 15.7 Å². The van der Waals surface area contributed by atoms with Gasteiger partial charge in [0.05, 0.1) is 10.7 Å². The highest BCUT2D eigenvalue weighted by atomic mass is 35.5. The van der Waals surface area contributed by atoms with E-state index in [1.165, 1.54) is 0 Å².